The van der Waals surface area contributed by atoms with Crippen LogP contribution in [0.2, 0.25) is 0 Å². The first-order chi connectivity index (χ1) is 8.15. The molecule has 1 N–H and O–H groups in total. The summed E-state index contributed by atoms with van der Waals surface area (Å²) < 4.78 is 13.0. The van der Waals surface area contributed by atoms with E-state index in [1.165, 1.54) is 6.07 Å². The molecule has 0 amide bonds. The van der Waals surface area contributed by atoms with Crippen LogP contribution in [0, 0.1) is 29.5 Å². The summed E-state index contributed by atoms with van der Waals surface area (Å²) >= 11 is 0. The summed E-state index contributed by atoms with van der Waals surface area (Å²) in [4.78, 5) is 0. The Hall–Kier alpha value is -1.40. The van der Waals surface area contributed by atoms with E-state index in [-0.39, 0.29) is 11.2 Å². The molecule has 1 aromatic carbocycles. The van der Waals surface area contributed by atoms with Crippen molar-refractivity contribution < 1.29 is 4.39 Å². The minimum atomic E-state index is -0.270. The number of piperidine rings is 1. The highest BCUT2D eigenvalue weighted by molar-refractivity contribution is 5.29. The molecule has 2 nitrogen and oxygen atoms in total. The Labute approximate surface area is 101 Å². The van der Waals surface area contributed by atoms with Crippen molar-refractivity contribution in [1.29, 1.82) is 5.26 Å². The van der Waals surface area contributed by atoms with Gasteiger partial charge in [-0.15, -0.1) is 0 Å². The van der Waals surface area contributed by atoms with Crippen molar-refractivity contribution in [1.82, 2.24) is 5.32 Å². The summed E-state index contributed by atoms with van der Waals surface area (Å²) in [6.45, 7) is 3.70. The quantitative estimate of drug-likeness (QED) is 0.850. The van der Waals surface area contributed by atoms with Crippen molar-refractivity contribution in [3.8, 4) is 6.07 Å². The molecular formula is C14H17FN2. The first-order valence-corrected chi connectivity index (χ1v) is 6.02. The third kappa shape index (κ3) is 2.65. The molecular weight excluding hydrogens is 215 g/mol. The first kappa shape index (κ1) is 12.1. The number of nitrogens with zero attached hydrogens (tertiary/aromatic N) is 1. The number of hydrogen-bond acceptors (Lipinski definition) is 2. The van der Waals surface area contributed by atoms with Crippen molar-refractivity contribution >= 4 is 0 Å². The Morgan fingerprint density at radius 3 is 2.71 bits per heavy atom. The second-order valence-corrected chi connectivity index (χ2v) is 4.89. The van der Waals surface area contributed by atoms with E-state index in [0.29, 0.717) is 0 Å². The largest absolute Gasteiger partial charge is 0.317 e. The van der Waals surface area contributed by atoms with Gasteiger partial charge in [-0.05, 0) is 62.5 Å². The van der Waals surface area contributed by atoms with Gasteiger partial charge in [0, 0.05) is 0 Å². The van der Waals surface area contributed by atoms with Gasteiger partial charge in [-0.2, -0.15) is 5.26 Å². The molecule has 0 unspecified atom stereocenters. The summed E-state index contributed by atoms with van der Waals surface area (Å²) in [6, 6.07) is 7.31. The number of benzene rings is 1. The normalized spacial score (nSPS) is 18.6. The smallest absolute Gasteiger partial charge is 0.123 e. The van der Waals surface area contributed by atoms with E-state index in [2.05, 4.69) is 11.4 Å². The Balaban J connectivity index is 2.21. The summed E-state index contributed by atoms with van der Waals surface area (Å²) in [5.41, 5.74) is 1.77. The molecule has 0 aromatic heterocycles. The monoisotopic (exact) mass is 232 g/mol. The highest BCUT2D eigenvalue weighted by Gasteiger charge is 2.32. The molecule has 0 radical (unpaired) electrons. The van der Waals surface area contributed by atoms with Gasteiger partial charge >= 0.3 is 0 Å². The molecule has 1 aliphatic rings. The average molecular weight is 232 g/mol. The molecule has 0 saturated carbocycles. The highest BCUT2D eigenvalue weighted by atomic mass is 19.1. The zero-order valence-electron chi connectivity index (χ0n) is 10.1. The lowest BCUT2D eigenvalue weighted by Crippen LogP contribution is -2.37. The van der Waals surface area contributed by atoms with Crippen molar-refractivity contribution in [3.05, 3.63) is 35.1 Å². The number of aryl methyl sites for hydroxylation is 1. The van der Waals surface area contributed by atoms with E-state index in [0.717, 1.165) is 43.5 Å². The molecule has 1 aliphatic heterocycles. The maximum Gasteiger partial charge on any atom is 0.123 e. The fraction of sp³-hybridized carbons (Fsp3) is 0.500. The van der Waals surface area contributed by atoms with Crippen LogP contribution in [0.5, 0.6) is 0 Å². The molecule has 0 spiro atoms. The second-order valence-electron chi connectivity index (χ2n) is 4.89. The minimum absolute atomic E-state index is 0.206. The van der Waals surface area contributed by atoms with Gasteiger partial charge in [-0.3, -0.25) is 0 Å². The zero-order chi connectivity index (χ0) is 12.3. The predicted molar refractivity (Wildman–Crippen MR) is 65.0 cm³/mol. The molecule has 0 bridgehead atoms. The average Bonchev–Trinajstić information content (AvgIpc) is 2.34. The lowest BCUT2D eigenvalue weighted by atomic mass is 9.75. The topological polar surface area (TPSA) is 35.8 Å². The van der Waals surface area contributed by atoms with Crippen LogP contribution in [0.3, 0.4) is 0 Å². The molecule has 0 aliphatic carbocycles. The third-order valence-electron chi connectivity index (χ3n) is 3.63. The van der Waals surface area contributed by atoms with E-state index < -0.39 is 0 Å². The summed E-state index contributed by atoms with van der Waals surface area (Å²) in [5.74, 6) is -0.206. The van der Waals surface area contributed by atoms with Gasteiger partial charge in [0.05, 0.1) is 11.5 Å². The van der Waals surface area contributed by atoms with Gasteiger partial charge in [0.2, 0.25) is 0 Å². The number of halogens is 1. The number of rotatable bonds is 2. The fourth-order valence-corrected chi connectivity index (χ4v) is 2.46. The Bertz CT molecular complexity index is 442. The maximum absolute atomic E-state index is 13.0. The SMILES string of the molecule is Cc1cc(F)ccc1CC1(C#N)CCNCC1. The molecule has 1 heterocycles. The summed E-state index contributed by atoms with van der Waals surface area (Å²) in [6.07, 6.45) is 2.48. The summed E-state index contributed by atoms with van der Waals surface area (Å²) in [5, 5.41) is 12.7. The van der Waals surface area contributed by atoms with Gasteiger partial charge in [-0.25, -0.2) is 4.39 Å². The molecule has 1 aromatic rings. The van der Waals surface area contributed by atoms with Crippen molar-refractivity contribution in [2.24, 2.45) is 5.41 Å². The molecule has 1 saturated heterocycles. The Morgan fingerprint density at radius 2 is 2.12 bits per heavy atom. The Morgan fingerprint density at radius 1 is 1.41 bits per heavy atom. The molecule has 3 heteroatoms. The van der Waals surface area contributed by atoms with Crippen LogP contribution in [0.15, 0.2) is 18.2 Å². The first-order valence-electron chi connectivity index (χ1n) is 6.02. The molecule has 90 valence electrons. The molecule has 1 fully saturated rings. The van der Waals surface area contributed by atoms with Crippen LogP contribution in [-0.2, 0) is 6.42 Å². The lowest BCUT2D eigenvalue weighted by molar-refractivity contribution is 0.280. The second kappa shape index (κ2) is 4.85. The number of nitrogens with one attached hydrogen (secondary N) is 1. The van der Waals surface area contributed by atoms with E-state index in [9.17, 15) is 9.65 Å². The van der Waals surface area contributed by atoms with Gasteiger partial charge in [0.25, 0.3) is 0 Å². The molecule has 17 heavy (non-hydrogen) atoms. The standard InChI is InChI=1S/C14H17FN2/c1-11-8-13(15)3-2-12(11)9-14(10-16)4-6-17-7-5-14/h2-3,8,17H,4-7,9H2,1H3. The fourth-order valence-electron chi connectivity index (χ4n) is 2.46. The zero-order valence-corrected chi connectivity index (χ0v) is 10.1. The van der Waals surface area contributed by atoms with Crippen LogP contribution in [0.1, 0.15) is 24.0 Å². The molecule has 0 atom stereocenters. The van der Waals surface area contributed by atoms with Crippen LogP contribution in [-0.4, -0.2) is 13.1 Å². The minimum Gasteiger partial charge on any atom is -0.317 e. The third-order valence-corrected chi connectivity index (χ3v) is 3.63. The number of nitriles is 1. The van der Waals surface area contributed by atoms with Gasteiger partial charge in [0.15, 0.2) is 0 Å². The van der Waals surface area contributed by atoms with Gasteiger partial charge < -0.3 is 5.32 Å². The number of hydrogen-bond donors (Lipinski definition) is 1. The Kier molecular flexibility index (Phi) is 3.44. The van der Waals surface area contributed by atoms with Gasteiger partial charge in [0.1, 0.15) is 5.82 Å². The lowest BCUT2D eigenvalue weighted by Gasteiger charge is -2.31. The highest BCUT2D eigenvalue weighted by Crippen LogP contribution is 2.33. The summed E-state index contributed by atoms with van der Waals surface area (Å²) in [7, 11) is 0. The predicted octanol–water partition coefficient (Wildman–Crippen LogP) is 2.57. The van der Waals surface area contributed by atoms with E-state index >= 15 is 0 Å². The van der Waals surface area contributed by atoms with Crippen LogP contribution >= 0.6 is 0 Å². The molecule has 2 rings (SSSR count). The van der Waals surface area contributed by atoms with Crippen LogP contribution < -0.4 is 5.32 Å². The van der Waals surface area contributed by atoms with Crippen molar-refractivity contribution in [2.45, 2.75) is 26.2 Å². The van der Waals surface area contributed by atoms with E-state index in [4.69, 9.17) is 0 Å². The van der Waals surface area contributed by atoms with E-state index in [1.54, 1.807) is 6.07 Å². The van der Waals surface area contributed by atoms with Gasteiger partial charge in [-0.1, -0.05) is 6.07 Å². The maximum atomic E-state index is 13.0. The van der Waals surface area contributed by atoms with Crippen molar-refractivity contribution in [2.75, 3.05) is 13.1 Å². The van der Waals surface area contributed by atoms with Crippen LogP contribution in [0.25, 0.3) is 0 Å². The van der Waals surface area contributed by atoms with E-state index in [1.807, 2.05) is 13.0 Å². The van der Waals surface area contributed by atoms with Crippen LogP contribution in [0.4, 0.5) is 4.39 Å². The van der Waals surface area contributed by atoms with Crippen molar-refractivity contribution in [3.63, 3.8) is 0 Å².